The standard InChI is InChI=1S/C20H17Cl2N3O/c21-14-9-7-13(15(22)12-14)8-10-19(26)25-11-3-6-18(25)20-23-16-4-1-2-5-17(16)24-20/h1-2,4-5,7-10,12,18H,3,6,11H2,(H,23,24)/b10-8+/t18-/m0/s1. The van der Waals surface area contributed by atoms with Crippen molar-refractivity contribution in [3.05, 3.63) is 70.0 Å². The molecular formula is C20H17Cl2N3O. The van der Waals surface area contributed by atoms with Crippen molar-refractivity contribution in [2.45, 2.75) is 18.9 Å². The van der Waals surface area contributed by atoms with Crippen molar-refractivity contribution in [2.24, 2.45) is 0 Å². The lowest BCUT2D eigenvalue weighted by atomic mass is 10.2. The number of rotatable bonds is 3. The highest BCUT2D eigenvalue weighted by molar-refractivity contribution is 6.35. The number of carbonyl (C=O) groups is 1. The SMILES string of the molecule is O=C(/C=C/c1ccc(Cl)cc1Cl)N1CCC[C@H]1c1nc2ccccc2[nH]1. The summed E-state index contributed by atoms with van der Waals surface area (Å²) < 4.78 is 0. The number of aromatic nitrogens is 2. The van der Waals surface area contributed by atoms with Crippen LogP contribution in [0.25, 0.3) is 17.1 Å². The normalized spacial score (nSPS) is 17.5. The average Bonchev–Trinajstić information content (AvgIpc) is 3.27. The number of nitrogens with one attached hydrogen (secondary N) is 1. The number of nitrogens with zero attached hydrogens (tertiary/aromatic N) is 2. The zero-order chi connectivity index (χ0) is 18.1. The second kappa shape index (κ2) is 7.14. The molecule has 1 atom stereocenters. The fourth-order valence-electron chi connectivity index (χ4n) is 3.34. The molecule has 0 unspecified atom stereocenters. The van der Waals surface area contributed by atoms with Gasteiger partial charge in [-0.2, -0.15) is 0 Å². The molecule has 4 rings (SSSR count). The third-order valence-corrected chi connectivity index (χ3v) is 5.19. The highest BCUT2D eigenvalue weighted by Gasteiger charge is 2.31. The van der Waals surface area contributed by atoms with Crippen LogP contribution in [0.2, 0.25) is 10.0 Å². The summed E-state index contributed by atoms with van der Waals surface area (Å²) in [7, 11) is 0. The Morgan fingerprint density at radius 3 is 2.88 bits per heavy atom. The van der Waals surface area contributed by atoms with Crippen LogP contribution in [0.15, 0.2) is 48.5 Å². The molecule has 6 heteroatoms. The molecule has 0 aliphatic carbocycles. The van der Waals surface area contributed by atoms with Gasteiger partial charge in [0.05, 0.1) is 17.1 Å². The molecule has 1 aliphatic rings. The number of likely N-dealkylation sites (tertiary alicyclic amines) is 1. The lowest BCUT2D eigenvalue weighted by Gasteiger charge is -2.21. The predicted octanol–water partition coefficient (Wildman–Crippen LogP) is 5.25. The van der Waals surface area contributed by atoms with E-state index in [-0.39, 0.29) is 11.9 Å². The monoisotopic (exact) mass is 385 g/mol. The number of para-hydroxylation sites is 2. The molecule has 0 saturated carbocycles. The molecule has 1 aromatic heterocycles. The Bertz CT molecular complexity index is 963. The molecule has 1 amide bonds. The quantitative estimate of drug-likeness (QED) is 0.626. The smallest absolute Gasteiger partial charge is 0.247 e. The van der Waals surface area contributed by atoms with Crippen LogP contribution in [0.4, 0.5) is 0 Å². The highest BCUT2D eigenvalue weighted by Crippen LogP contribution is 2.32. The van der Waals surface area contributed by atoms with Crippen LogP contribution in [-0.4, -0.2) is 27.3 Å². The minimum Gasteiger partial charge on any atom is -0.340 e. The number of carbonyl (C=O) groups excluding carboxylic acids is 1. The topological polar surface area (TPSA) is 49.0 Å². The fourth-order valence-corrected chi connectivity index (χ4v) is 3.81. The van der Waals surface area contributed by atoms with Gasteiger partial charge in [-0.3, -0.25) is 4.79 Å². The molecule has 2 heterocycles. The van der Waals surface area contributed by atoms with Crippen molar-refractivity contribution in [1.29, 1.82) is 0 Å². The van der Waals surface area contributed by atoms with Crippen molar-refractivity contribution < 1.29 is 4.79 Å². The number of halogens is 2. The summed E-state index contributed by atoms with van der Waals surface area (Å²) in [6, 6.07) is 13.1. The first-order chi connectivity index (χ1) is 12.6. The summed E-state index contributed by atoms with van der Waals surface area (Å²) in [5, 5.41) is 1.10. The summed E-state index contributed by atoms with van der Waals surface area (Å²) >= 11 is 12.1. The first kappa shape index (κ1) is 17.1. The summed E-state index contributed by atoms with van der Waals surface area (Å²) in [6.07, 6.45) is 5.16. The van der Waals surface area contributed by atoms with E-state index in [1.807, 2.05) is 29.2 Å². The molecule has 3 aromatic rings. The van der Waals surface area contributed by atoms with Crippen LogP contribution in [0, 0.1) is 0 Å². The highest BCUT2D eigenvalue weighted by atomic mass is 35.5. The van der Waals surface area contributed by atoms with Gasteiger partial charge in [-0.1, -0.05) is 41.4 Å². The van der Waals surface area contributed by atoms with E-state index in [2.05, 4.69) is 9.97 Å². The van der Waals surface area contributed by atoms with E-state index in [9.17, 15) is 4.79 Å². The minimum atomic E-state index is -0.0426. The van der Waals surface area contributed by atoms with Crippen molar-refractivity contribution in [1.82, 2.24) is 14.9 Å². The molecule has 1 N–H and O–H groups in total. The summed E-state index contributed by atoms with van der Waals surface area (Å²) in [5.41, 5.74) is 2.68. The van der Waals surface area contributed by atoms with Gasteiger partial charge in [-0.15, -0.1) is 0 Å². The number of fused-ring (bicyclic) bond motifs is 1. The predicted molar refractivity (Wildman–Crippen MR) is 105 cm³/mol. The van der Waals surface area contributed by atoms with Gasteiger partial charge in [0.1, 0.15) is 5.82 Å². The van der Waals surface area contributed by atoms with Gasteiger partial charge in [0.2, 0.25) is 5.91 Å². The van der Waals surface area contributed by atoms with Gasteiger partial charge in [0.15, 0.2) is 0 Å². The second-order valence-corrected chi connectivity index (χ2v) is 7.17. The van der Waals surface area contributed by atoms with Crippen molar-refractivity contribution in [3.8, 4) is 0 Å². The molecule has 132 valence electrons. The number of hydrogen-bond acceptors (Lipinski definition) is 2. The molecule has 0 spiro atoms. The minimum absolute atomic E-state index is 0.0276. The van der Waals surface area contributed by atoms with Gasteiger partial charge in [0, 0.05) is 22.7 Å². The van der Waals surface area contributed by atoms with Crippen LogP contribution in [0.5, 0.6) is 0 Å². The van der Waals surface area contributed by atoms with Crippen LogP contribution in [0.1, 0.15) is 30.3 Å². The van der Waals surface area contributed by atoms with Gasteiger partial charge in [0.25, 0.3) is 0 Å². The van der Waals surface area contributed by atoms with E-state index in [0.29, 0.717) is 10.0 Å². The van der Waals surface area contributed by atoms with Gasteiger partial charge >= 0.3 is 0 Å². The Morgan fingerprint density at radius 1 is 1.23 bits per heavy atom. The molecular weight excluding hydrogens is 369 g/mol. The van der Waals surface area contributed by atoms with E-state index >= 15 is 0 Å². The molecule has 26 heavy (non-hydrogen) atoms. The van der Waals surface area contributed by atoms with Crippen LogP contribution < -0.4 is 0 Å². The van der Waals surface area contributed by atoms with E-state index in [4.69, 9.17) is 23.2 Å². The molecule has 2 aromatic carbocycles. The Balaban J connectivity index is 1.55. The molecule has 1 saturated heterocycles. The van der Waals surface area contributed by atoms with Crippen molar-refractivity contribution >= 4 is 46.2 Å². The van der Waals surface area contributed by atoms with Crippen molar-refractivity contribution in [2.75, 3.05) is 6.54 Å². The van der Waals surface area contributed by atoms with Crippen molar-refractivity contribution in [3.63, 3.8) is 0 Å². The number of amides is 1. The first-order valence-corrected chi connectivity index (χ1v) is 9.26. The largest absolute Gasteiger partial charge is 0.340 e. The number of aromatic amines is 1. The third-order valence-electron chi connectivity index (χ3n) is 4.63. The molecule has 1 fully saturated rings. The summed E-state index contributed by atoms with van der Waals surface area (Å²) in [4.78, 5) is 22.6. The number of hydrogen-bond donors (Lipinski definition) is 1. The van der Waals surface area contributed by atoms with E-state index < -0.39 is 0 Å². The Labute approximate surface area is 161 Å². The van der Waals surface area contributed by atoms with Crippen LogP contribution in [0.3, 0.4) is 0 Å². The lowest BCUT2D eigenvalue weighted by Crippen LogP contribution is -2.29. The maximum absolute atomic E-state index is 12.7. The first-order valence-electron chi connectivity index (χ1n) is 8.50. The van der Waals surface area contributed by atoms with Gasteiger partial charge < -0.3 is 9.88 Å². The van der Waals surface area contributed by atoms with E-state index in [1.165, 1.54) is 0 Å². The zero-order valence-electron chi connectivity index (χ0n) is 14.0. The maximum Gasteiger partial charge on any atom is 0.247 e. The van der Waals surface area contributed by atoms with Gasteiger partial charge in [-0.25, -0.2) is 4.98 Å². The average molecular weight is 386 g/mol. The Kier molecular flexibility index (Phi) is 4.70. The third kappa shape index (κ3) is 3.35. The Hall–Kier alpha value is -2.30. The Morgan fingerprint density at radius 2 is 2.08 bits per heavy atom. The zero-order valence-corrected chi connectivity index (χ0v) is 15.5. The number of H-pyrrole nitrogens is 1. The fraction of sp³-hybridized carbons (Fsp3) is 0.200. The van der Waals surface area contributed by atoms with Crippen LogP contribution >= 0.6 is 23.2 Å². The molecule has 0 bridgehead atoms. The summed E-state index contributed by atoms with van der Waals surface area (Å²) in [6.45, 7) is 0.721. The van der Waals surface area contributed by atoms with Crippen LogP contribution in [-0.2, 0) is 4.79 Å². The molecule has 1 aliphatic heterocycles. The lowest BCUT2D eigenvalue weighted by molar-refractivity contribution is -0.126. The maximum atomic E-state index is 12.7. The molecule has 0 radical (unpaired) electrons. The second-order valence-electron chi connectivity index (χ2n) is 6.33. The van der Waals surface area contributed by atoms with Gasteiger partial charge in [-0.05, 0) is 48.7 Å². The van der Waals surface area contributed by atoms with E-state index in [1.54, 1.807) is 30.4 Å². The molecule has 4 nitrogen and oxygen atoms in total. The summed E-state index contributed by atoms with van der Waals surface area (Å²) in [5.74, 6) is 0.800. The number of imidazole rings is 1. The number of benzene rings is 2. The van der Waals surface area contributed by atoms with E-state index in [0.717, 1.165) is 41.8 Å².